The summed E-state index contributed by atoms with van der Waals surface area (Å²) in [5.74, 6) is -3.05. The van der Waals surface area contributed by atoms with Crippen molar-refractivity contribution in [3.8, 4) is 0 Å². The van der Waals surface area contributed by atoms with E-state index in [0.717, 1.165) is 18.9 Å². The fourth-order valence-corrected chi connectivity index (χ4v) is 3.71. The summed E-state index contributed by atoms with van der Waals surface area (Å²) in [5, 5.41) is 11.8. The summed E-state index contributed by atoms with van der Waals surface area (Å²) >= 11 is 0. The number of fused-ring (bicyclic) bond motifs is 1. The van der Waals surface area contributed by atoms with E-state index in [-0.39, 0.29) is 48.4 Å². The van der Waals surface area contributed by atoms with Gasteiger partial charge < -0.3 is 19.9 Å². The van der Waals surface area contributed by atoms with Crippen LogP contribution >= 0.6 is 0 Å². The van der Waals surface area contributed by atoms with Gasteiger partial charge >= 0.3 is 5.97 Å². The predicted octanol–water partition coefficient (Wildman–Crippen LogP) is 1.48. The van der Waals surface area contributed by atoms with Crippen molar-refractivity contribution in [3.63, 3.8) is 0 Å². The molecule has 29 heavy (non-hydrogen) atoms. The van der Waals surface area contributed by atoms with Gasteiger partial charge in [-0.15, -0.1) is 0 Å². The van der Waals surface area contributed by atoms with E-state index >= 15 is 0 Å². The van der Waals surface area contributed by atoms with E-state index < -0.39 is 34.9 Å². The van der Waals surface area contributed by atoms with Gasteiger partial charge in [0.2, 0.25) is 11.3 Å². The van der Waals surface area contributed by atoms with Crippen molar-refractivity contribution in [2.45, 2.75) is 32.0 Å². The largest absolute Gasteiger partial charge is 0.477 e. The Morgan fingerprint density at radius 1 is 1.34 bits per heavy atom. The standard InChI is InChI=1S/C19H20F2N4O4/c1-9(26)22-5-10-6-24(8-15(10)21)18-14(20)4-12-16(27)13(19(28)29)7-25(11-2-3-11)17(12)23-18/h4,7,10-11,15H,2-3,5-6,8H2,1H3,(H,22,26)(H,28,29)/t10-,15+/m0/s1. The molecule has 2 atom stereocenters. The molecule has 2 aliphatic rings. The lowest BCUT2D eigenvalue weighted by Gasteiger charge is -2.19. The van der Waals surface area contributed by atoms with Crippen LogP contribution in [0.3, 0.4) is 0 Å². The highest BCUT2D eigenvalue weighted by Crippen LogP contribution is 2.37. The third-order valence-corrected chi connectivity index (χ3v) is 5.38. The van der Waals surface area contributed by atoms with Crippen molar-refractivity contribution in [3.05, 3.63) is 33.9 Å². The minimum Gasteiger partial charge on any atom is -0.477 e. The molecule has 2 aromatic heterocycles. The highest BCUT2D eigenvalue weighted by Gasteiger charge is 2.35. The van der Waals surface area contributed by atoms with E-state index in [1.807, 2.05) is 0 Å². The van der Waals surface area contributed by atoms with Gasteiger partial charge in [-0.2, -0.15) is 0 Å². The maximum Gasteiger partial charge on any atom is 0.341 e. The van der Waals surface area contributed by atoms with Crippen LogP contribution in [0, 0.1) is 11.7 Å². The fraction of sp³-hybridized carbons (Fsp3) is 0.474. The SMILES string of the molecule is CC(=O)NC[C@H]1CN(c2nc3c(cc2F)c(=O)c(C(=O)O)cn3C2CC2)C[C@H]1F. The van der Waals surface area contributed by atoms with Gasteiger partial charge in [0, 0.05) is 38.2 Å². The summed E-state index contributed by atoms with van der Waals surface area (Å²) in [6.45, 7) is 1.56. The van der Waals surface area contributed by atoms with Crippen LogP contribution in [-0.2, 0) is 4.79 Å². The molecule has 0 bridgehead atoms. The van der Waals surface area contributed by atoms with Gasteiger partial charge in [0.15, 0.2) is 11.6 Å². The normalized spacial score (nSPS) is 21.6. The van der Waals surface area contributed by atoms with Gasteiger partial charge in [-0.1, -0.05) is 0 Å². The van der Waals surface area contributed by atoms with E-state index in [9.17, 15) is 28.3 Å². The van der Waals surface area contributed by atoms with E-state index in [1.165, 1.54) is 18.0 Å². The molecule has 1 aliphatic carbocycles. The Morgan fingerprint density at radius 2 is 2.07 bits per heavy atom. The molecule has 0 aromatic carbocycles. The molecule has 10 heteroatoms. The Hall–Kier alpha value is -3.04. The zero-order valence-corrected chi connectivity index (χ0v) is 15.7. The molecule has 2 N–H and O–H groups in total. The molecule has 4 rings (SSSR count). The van der Waals surface area contributed by atoms with Crippen molar-refractivity contribution >= 4 is 28.7 Å². The molecule has 1 saturated carbocycles. The number of alkyl halides is 1. The molecule has 1 aliphatic heterocycles. The van der Waals surface area contributed by atoms with Crippen LogP contribution in [0.4, 0.5) is 14.6 Å². The number of halogens is 2. The maximum absolute atomic E-state index is 14.8. The minimum atomic E-state index is -1.38. The summed E-state index contributed by atoms with van der Waals surface area (Å²) in [4.78, 5) is 40.7. The summed E-state index contributed by atoms with van der Waals surface area (Å²) in [7, 11) is 0. The maximum atomic E-state index is 14.8. The average molecular weight is 406 g/mol. The number of aromatic carboxylic acids is 1. The van der Waals surface area contributed by atoms with Crippen molar-refractivity contribution in [2.75, 3.05) is 24.5 Å². The van der Waals surface area contributed by atoms with E-state index in [0.29, 0.717) is 0 Å². The first kappa shape index (κ1) is 19.3. The zero-order valence-electron chi connectivity index (χ0n) is 15.7. The first-order valence-electron chi connectivity index (χ1n) is 9.38. The number of aromatic nitrogens is 2. The lowest BCUT2D eigenvalue weighted by Crippen LogP contribution is -2.31. The zero-order chi connectivity index (χ0) is 20.9. The Labute approximate surface area is 164 Å². The molecule has 1 saturated heterocycles. The molecule has 2 aromatic rings. The van der Waals surface area contributed by atoms with Crippen LogP contribution in [0.5, 0.6) is 0 Å². The number of anilines is 1. The number of carbonyl (C=O) groups is 2. The van der Waals surface area contributed by atoms with Crippen LogP contribution < -0.4 is 15.6 Å². The molecule has 0 unspecified atom stereocenters. The number of amides is 1. The van der Waals surface area contributed by atoms with E-state index in [2.05, 4.69) is 10.3 Å². The number of carboxylic acid groups (broad SMARTS) is 1. The number of carboxylic acids is 1. The first-order chi connectivity index (χ1) is 13.8. The van der Waals surface area contributed by atoms with Crippen LogP contribution in [-0.4, -0.2) is 52.3 Å². The lowest BCUT2D eigenvalue weighted by atomic mass is 10.1. The summed E-state index contributed by atoms with van der Waals surface area (Å²) in [6.07, 6.45) is 1.60. The summed E-state index contributed by atoms with van der Waals surface area (Å²) in [5.41, 5.74) is -1.03. The average Bonchev–Trinajstić information content (AvgIpc) is 3.43. The van der Waals surface area contributed by atoms with Crippen molar-refractivity contribution in [2.24, 2.45) is 5.92 Å². The highest BCUT2D eigenvalue weighted by atomic mass is 19.1. The number of carbonyl (C=O) groups excluding carboxylic acids is 1. The molecule has 1 amide bonds. The lowest BCUT2D eigenvalue weighted by molar-refractivity contribution is -0.119. The topological polar surface area (TPSA) is 105 Å². The van der Waals surface area contributed by atoms with E-state index in [1.54, 1.807) is 4.57 Å². The molecular formula is C19H20F2N4O4. The first-order valence-corrected chi connectivity index (χ1v) is 9.38. The number of nitrogens with one attached hydrogen (secondary N) is 1. The molecule has 3 heterocycles. The number of pyridine rings is 2. The van der Waals surface area contributed by atoms with E-state index in [4.69, 9.17) is 0 Å². The van der Waals surface area contributed by atoms with Crippen LogP contribution in [0.15, 0.2) is 17.1 Å². The molecule has 0 radical (unpaired) electrons. The van der Waals surface area contributed by atoms with Gasteiger partial charge in [-0.3, -0.25) is 9.59 Å². The fourth-order valence-electron chi connectivity index (χ4n) is 3.71. The van der Waals surface area contributed by atoms with Gasteiger partial charge in [-0.05, 0) is 18.9 Å². The monoisotopic (exact) mass is 406 g/mol. The number of hydrogen-bond acceptors (Lipinski definition) is 5. The quantitative estimate of drug-likeness (QED) is 0.780. The van der Waals surface area contributed by atoms with Crippen molar-refractivity contribution in [1.82, 2.24) is 14.9 Å². The Bertz CT molecular complexity index is 1070. The van der Waals surface area contributed by atoms with Crippen molar-refractivity contribution < 1.29 is 23.5 Å². The molecule has 154 valence electrons. The van der Waals surface area contributed by atoms with Gasteiger partial charge in [0.05, 0.1) is 11.9 Å². The summed E-state index contributed by atoms with van der Waals surface area (Å²) < 4.78 is 30.8. The Balaban J connectivity index is 1.75. The third-order valence-electron chi connectivity index (χ3n) is 5.38. The number of rotatable bonds is 5. The third kappa shape index (κ3) is 3.54. The smallest absolute Gasteiger partial charge is 0.341 e. The molecule has 0 spiro atoms. The number of nitrogens with zero attached hydrogens (tertiary/aromatic N) is 3. The second-order valence-corrected chi connectivity index (χ2v) is 7.60. The Morgan fingerprint density at radius 3 is 2.69 bits per heavy atom. The highest BCUT2D eigenvalue weighted by molar-refractivity contribution is 5.92. The Kier molecular flexibility index (Phi) is 4.71. The van der Waals surface area contributed by atoms with Crippen LogP contribution in [0.25, 0.3) is 11.0 Å². The predicted molar refractivity (Wildman–Crippen MR) is 100 cm³/mol. The van der Waals surface area contributed by atoms with Crippen LogP contribution in [0.1, 0.15) is 36.2 Å². The van der Waals surface area contributed by atoms with Crippen molar-refractivity contribution in [1.29, 1.82) is 0 Å². The van der Waals surface area contributed by atoms with Gasteiger partial charge in [0.25, 0.3) is 0 Å². The molecule has 2 fully saturated rings. The second kappa shape index (κ2) is 7.09. The second-order valence-electron chi connectivity index (χ2n) is 7.60. The van der Waals surface area contributed by atoms with Gasteiger partial charge in [0.1, 0.15) is 17.4 Å². The number of hydrogen-bond donors (Lipinski definition) is 2. The molecular weight excluding hydrogens is 386 g/mol. The van der Waals surface area contributed by atoms with Gasteiger partial charge in [-0.25, -0.2) is 18.6 Å². The minimum absolute atomic E-state index is 0.00188. The van der Waals surface area contributed by atoms with Crippen LogP contribution in [0.2, 0.25) is 0 Å². The summed E-state index contributed by atoms with van der Waals surface area (Å²) in [6, 6.07) is 0.988. The molecule has 8 nitrogen and oxygen atoms in total.